The van der Waals surface area contributed by atoms with Crippen molar-refractivity contribution >= 4 is 35.8 Å². The minimum absolute atomic E-state index is 0. The first-order valence-corrected chi connectivity index (χ1v) is 7.15. The average molecular weight is 361 g/mol. The van der Waals surface area contributed by atoms with Crippen LogP contribution in [0.15, 0.2) is 24.3 Å². The second-order valence-corrected chi connectivity index (χ2v) is 5.32. The third-order valence-electron chi connectivity index (χ3n) is 3.02. The minimum atomic E-state index is -0.690. The van der Waals surface area contributed by atoms with Crippen LogP contribution in [0.2, 0.25) is 0 Å². The van der Waals surface area contributed by atoms with Crippen molar-refractivity contribution in [3.05, 3.63) is 30.1 Å². The number of nitrogens with two attached hydrogens (primary N) is 1. The van der Waals surface area contributed by atoms with E-state index < -0.39 is 29.6 Å². The summed E-state index contributed by atoms with van der Waals surface area (Å²) < 4.78 is 12.7. The van der Waals surface area contributed by atoms with Crippen LogP contribution in [0.4, 0.5) is 10.1 Å². The highest BCUT2D eigenvalue weighted by atomic mass is 35.5. The lowest BCUT2D eigenvalue weighted by atomic mass is 10.1. The SMILES string of the molecule is CC(C)[C@H](N)C(=O)NCC(=O)NCC(=O)Nc1ccc(F)cc1.Cl. The molecule has 9 heteroatoms. The van der Waals surface area contributed by atoms with Gasteiger partial charge in [0, 0.05) is 5.69 Å². The van der Waals surface area contributed by atoms with E-state index in [4.69, 9.17) is 5.73 Å². The number of anilines is 1. The molecule has 0 bridgehead atoms. The predicted octanol–water partition coefficient (Wildman–Crippen LogP) is 0.402. The van der Waals surface area contributed by atoms with E-state index in [9.17, 15) is 18.8 Å². The number of nitrogens with one attached hydrogen (secondary N) is 3. The summed E-state index contributed by atoms with van der Waals surface area (Å²) in [6.07, 6.45) is 0. The summed E-state index contributed by atoms with van der Waals surface area (Å²) >= 11 is 0. The fourth-order valence-corrected chi connectivity index (χ4v) is 1.57. The zero-order valence-electron chi connectivity index (χ0n) is 13.5. The molecule has 0 heterocycles. The standard InChI is InChI=1S/C15H21FN4O3.ClH/c1-9(2)14(17)15(23)19-7-12(21)18-8-13(22)20-11-5-3-10(16)4-6-11;/h3-6,9,14H,7-8,17H2,1-2H3,(H,18,21)(H,19,23)(H,20,22);1H/t14-;/m0./s1. The van der Waals surface area contributed by atoms with Crippen molar-refractivity contribution in [2.45, 2.75) is 19.9 Å². The molecule has 0 aromatic heterocycles. The molecule has 24 heavy (non-hydrogen) atoms. The summed E-state index contributed by atoms with van der Waals surface area (Å²) in [6, 6.07) is 4.54. The van der Waals surface area contributed by atoms with Crippen molar-refractivity contribution in [2.24, 2.45) is 11.7 Å². The number of amides is 3. The number of hydrogen-bond donors (Lipinski definition) is 4. The lowest BCUT2D eigenvalue weighted by Gasteiger charge is -2.15. The lowest BCUT2D eigenvalue weighted by Crippen LogP contribution is -2.47. The monoisotopic (exact) mass is 360 g/mol. The Morgan fingerprint density at radius 2 is 1.58 bits per heavy atom. The van der Waals surface area contributed by atoms with E-state index in [-0.39, 0.29) is 31.4 Å². The van der Waals surface area contributed by atoms with E-state index in [0.717, 1.165) is 0 Å². The number of carbonyl (C=O) groups excluding carboxylic acids is 3. The molecule has 0 aliphatic carbocycles. The van der Waals surface area contributed by atoms with Crippen molar-refractivity contribution in [3.8, 4) is 0 Å². The van der Waals surface area contributed by atoms with E-state index in [1.807, 2.05) is 0 Å². The maximum absolute atomic E-state index is 12.7. The van der Waals surface area contributed by atoms with Crippen molar-refractivity contribution in [1.29, 1.82) is 0 Å². The third kappa shape index (κ3) is 7.89. The van der Waals surface area contributed by atoms with Crippen molar-refractivity contribution in [1.82, 2.24) is 10.6 Å². The van der Waals surface area contributed by atoms with Gasteiger partial charge >= 0.3 is 0 Å². The number of hydrogen-bond acceptors (Lipinski definition) is 4. The number of carbonyl (C=O) groups is 3. The molecule has 7 nitrogen and oxygen atoms in total. The normalized spacial score (nSPS) is 11.2. The Kier molecular flexibility index (Phi) is 9.60. The topological polar surface area (TPSA) is 113 Å². The Labute approximate surface area is 146 Å². The average Bonchev–Trinajstić information content (AvgIpc) is 2.51. The van der Waals surface area contributed by atoms with Crippen LogP contribution in [0.1, 0.15) is 13.8 Å². The van der Waals surface area contributed by atoms with Crippen LogP contribution in [0.3, 0.4) is 0 Å². The second kappa shape index (κ2) is 10.6. The summed E-state index contributed by atoms with van der Waals surface area (Å²) in [4.78, 5) is 34.7. The van der Waals surface area contributed by atoms with Crippen molar-refractivity contribution in [2.75, 3.05) is 18.4 Å². The second-order valence-electron chi connectivity index (χ2n) is 5.32. The molecule has 5 N–H and O–H groups in total. The third-order valence-corrected chi connectivity index (χ3v) is 3.02. The highest BCUT2D eigenvalue weighted by Crippen LogP contribution is 2.07. The van der Waals surface area contributed by atoms with Gasteiger partial charge in [0.25, 0.3) is 0 Å². The van der Waals surface area contributed by atoms with Crippen LogP contribution in [-0.4, -0.2) is 36.9 Å². The maximum Gasteiger partial charge on any atom is 0.243 e. The molecule has 0 unspecified atom stereocenters. The molecule has 1 aromatic rings. The van der Waals surface area contributed by atoms with Crippen molar-refractivity contribution in [3.63, 3.8) is 0 Å². The molecule has 0 spiro atoms. The van der Waals surface area contributed by atoms with Crippen LogP contribution >= 0.6 is 12.4 Å². The van der Waals surface area contributed by atoms with Gasteiger partial charge in [0.15, 0.2) is 0 Å². The maximum atomic E-state index is 12.7. The van der Waals surface area contributed by atoms with E-state index in [2.05, 4.69) is 16.0 Å². The van der Waals surface area contributed by atoms with Crippen LogP contribution < -0.4 is 21.7 Å². The molecule has 0 saturated heterocycles. The Morgan fingerprint density at radius 1 is 1.04 bits per heavy atom. The van der Waals surface area contributed by atoms with E-state index in [1.165, 1.54) is 24.3 Å². The zero-order chi connectivity index (χ0) is 17.4. The van der Waals surface area contributed by atoms with Gasteiger partial charge in [-0.15, -0.1) is 12.4 Å². The van der Waals surface area contributed by atoms with Crippen LogP contribution in [-0.2, 0) is 14.4 Å². The largest absolute Gasteiger partial charge is 0.346 e. The molecule has 0 fully saturated rings. The van der Waals surface area contributed by atoms with Crippen LogP contribution in [0.5, 0.6) is 0 Å². The molecular formula is C15H22ClFN4O3. The van der Waals surface area contributed by atoms with Gasteiger partial charge < -0.3 is 21.7 Å². The minimum Gasteiger partial charge on any atom is -0.346 e. The van der Waals surface area contributed by atoms with E-state index in [1.54, 1.807) is 13.8 Å². The molecule has 0 aliphatic rings. The molecule has 0 radical (unpaired) electrons. The summed E-state index contributed by atoms with van der Waals surface area (Å²) in [5.74, 6) is -1.85. The van der Waals surface area contributed by atoms with Gasteiger partial charge in [0.2, 0.25) is 17.7 Å². The lowest BCUT2D eigenvalue weighted by molar-refractivity contribution is -0.127. The van der Waals surface area contributed by atoms with Gasteiger partial charge in [-0.3, -0.25) is 14.4 Å². The van der Waals surface area contributed by atoms with Crippen LogP contribution in [0.25, 0.3) is 0 Å². The number of halogens is 2. The van der Waals surface area contributed by atoms with Gasteiger partial charge in [0.1, 0.15) is 5.82 Å². The summed E-state index contributed by atoms with van der Waals surface area (Å²) in [5.41, 5.74) is 6.05. The molecule has 1 atom stereocenters. The van der Waals surface area contributed by atoms with E-state index in [0.29, 0.717) is 5.69 Å². The molecule has 1 aromatic carbocycles. The van der Waals surface area contributed by atoms with Crippen molar-refractivity contribution < 1.29 is 18.8 Å². The number of rotatable bonds is 7. The summed E-state index contributed by atoms with van der Waals surface area (Å²) in [5, 5.41) is 7.25. The first-order chi connectivity index (χ1) is 10.8. The zero-order valence-corrected chi connectivity index (χ0v) is 14.3. The molecule has 134 valence electrons. The Hall–Kier alpha value is -2.19. The first-order valence-electron chi connectivity index (χ1n) is 7.15. The van der Waals surface area contributed by atoms with Gasteiger partial charge in [-0.25, -0.2) is 4.39 Å². The molecular weight excluding hydrogens is 339 g/mol. The van der Waals surface area contributed by atoms with E-state index >= 15 is 0 Å². The van der Waals surface area contributed by atoms with Gasteiger partial charge in [-0.05, 0) is 30.2 Å². The highest BCUT2D eigenvalue weighted by Gasteiger charge is 2.17. The van der Waals surface area contributed by atoms with Gasteiger partial charge in [-0.1, -0.05) is 13.8 Å². The Morgan fingerprint density at radius 3 is 2.12 bits per heavy atom. The van der Waals surface area contributed by atoms with Gasteiger partial charge in [0.05, 0.1) is 19.1 Å². The Bertz CT molecular complexity index is 566. The molecule has 0 saturated carbocycles. The summed E-state index contributed by atoms with van der Waals surface area (Å²) in [6.45, 7) is 3.07. The number of benzene rings is 1. The predicted molar refractivity (Wildman–Crippen MR) is 91.1 cm³/mol. The smallest absolute Gasteiger partial charge is 0.243 e. The highest BCUT2D eigenvalue weighted by molar-refractivity contribution is 5.95. The quantitative estimate of drug-likeness (QED) is 0.563. The molecule has 1 rings (SSSR count). The molecule has 0 aliphatic heterocycles. The van der Waals surface area contributed by atoms with Gasteiger partial charge in [-0.2, -0.15) is 0 Å². The summed E-state index contributed by atoms with van der Waals surface area (Å²) in [7, 11) is 0. The first kappa shape index (κ1) is 21.8. The van der Waals surface area contributed by atoms with Crippen LogP contribution in [0, 0.1) is 11.7 Å². The Balaban J connectivity index is 0.00000529. The molecule has 3 amide bonds. The fraction of sp³-hybridized carbons (Fsp3) is 0.400. The fourth-order valence-electron chi connectivity index (χ4n) is 1.57.